The van der Waals surface area contributed by atoms with Crippen molar-refractivity contribution in [3.05, 3.63) is 69.7 Å². The van der Waals surface area contributed by atoms with E-state index in [4.69, 9.17) is 28.3 Å². The maximum Gasteiger partial charge on any atom is 0.311 e. The Kier molecular flexibility index (Phi) is 8.14. The number of halogens is 2. The van der Waals surface area contributed by atoms with Gasteiger partial charge in [-0.15, -0.1) is 0 Å². The van der Waals surface area contributed by atoms with Crippen molar-refractivity contribution in [1.29, 1.82) is 0 Å². The molecule has 0 spiro atoms. The summed E-state index contributed by atoms with van der Waals surface area (Å²) in [6.45, 7) is 0. The first-order chi connectivity index (χ1) is 12.9. The predicted octanol–water partition coefficient (Wildman–Crippen LogP) is 5.67. The summed E-state index contributed by atoms with van der Waals surface area (Å²) in [6.07, 6.45) is 4.42. The van der Waals surface area contributed by atoms with Crippen molar-refractivity contribution in [2.45, 2.75) is 38.0 Å². The predicted molar refractivity (Wildman–Crippen MR) is 107 cm³/mol. The van der Waals surface area contributed by atoms with E-state index in [1.165, 1.54) is 0 Å². The first-order valence-corrected chi connectivity index (χ1v) is 9.57. The normalized spacial score (nSPS) is 14.9. The number of rotatable bonds is 5. The molecule has 0 radical (unpaired) electrons. The zero-order valence-electron chi connectivity index (χ0n) is 14.8. The highest BCUT2D eigenvalue weighted by Crippen LogP contribution is 2.37. The topological polar surface area (TPSA) is 74.6 Å². The van der Waals surface area contributed by atoms with Crippen LogP contribution in [0.5, 0.6) is 0 Å². The van der Waals surface area contributed by atoms with Crippen LogP contribution in [0.25, 0.3) is 0 Å². The SMILES string of the molecule is O=C(O)C(c1ccc(Cl)cc1)C1CCCC1.O=C(O)Cc1ccc(Cl)cc1. The number of benzene rings is 2. The van der Waals surface area contributed by atoms with Gasteiger partial charge in [0.1, 0.15) is 0 Å². The summed E-state index contributed by atoms with van der Waals surface area (Å²) in [4.78, 5) is 21.6. The molecule has 1 saturated carbocycles. The second-order valence-electron chi connectivity index (χ2n) is 6.61. The molecular formula is C21H22Cl2O4. The van der Waals surface area contributed by atoms with Gasteiger partial charge in [-0.1, -0.05) is 60.3 Å². The third kappa shape index (κ3) is 6.89. The second kappa shape index (κ2) is 10.3. The van der Waals surface area contributed by atoms with Crippen LogP contribution < -0.4 is 0 Å². The monoisotopic (exact) mass is 408 g/mol. The minimum Gasteiger partial charge on any atom is -0.481 e. The molecule has 1 aliphatic carbocycles. The van der Waals surface area contributed by atoms with Gasteiger partial charge in [0, 0.05) is 10.0 Å². The number of hydrogen-bond acceptors (Lipinski definition) is 2. The molecule has 0 aliphatic heterocycles. The van der Waals surface area contributed by atoms with Crippen LogP contribution in [0.4, 0.5) is 0 Å². The standard InChI is InChI=1S/C13H15ClO2.C8H7ClO2/c14-11-7-5-10(6-8-11)12(13(15)16)9-3-1-2-4-9;9-7-3-1-6(2-4-7)5-8(10)11/h5-9,12H,1-4H2,(H,15,16);1-4H,5H2,(H,10,11). The van der Waals surface area contributed by atoms with Crippen LogP contribution in [0.15, 0.2) is 48.5 Å². The van der Waals surface area contributed by atoms with E-state index in [9.17, 15) is 14.7 Å². The van der Waals surface area contributed by atoms with Gasteiger partial charge in [-0.25, -0.2) is 0 Å². The molecule has 0 heterocycles. The zero-order chi connectivity index (χ0) is 19.8. The van der Waals surface area contributed by atoms with Crippen LogP contribution in [0.2, 0.25) is 10.0 Å². The Balaban J connectivity index is 0.000000208. The van der Waals surface area contributed by atoms with Crippen molar-refractivity contribution < 1.29 is 19.8 Å². The Labute approximate surface area is 168 Å². The molecule has 4 nitrogen and oxygen atoms in total. The van der Waals surface area contributed by atoms with Gasteiger partial charge in [-0.05, 0) is 54.2 Å². The van der Waals surface area contributed by atoms with Gasteiger partial charge < -0.3 is 10.2 Å². The molecule has 2 aromatic rings. The molecule has 1 aliphatic rings. The summed E-state index contributed by atoms with van der Waals surface area (Å²) in [5.74, 6) is -1.61. The molecule has 0 amide bonds. The Morgan fingerprint density at radius 1 is 0.889 bits per heavy atom. The summed E-state index contributed by atoms with van der Waals surface area (Å²) >= 11 is 11.4. The summed E-state index contributed by atoms with van der Waals surface area (Å²) in [7, 11) is 0. The minimum atomic E-state index is -0.827. The number of carbonyl (C=O) groups is 2. The zero-order valence-corrected chi connectivity index (χ0v) is 16.3. The lowest BCUT2D eigenvalue weighted by molar-refractivity contribution is -0.140. The van der Waals surface area contributed by atoms with Gasteiger partial charge in [0.2, 0.25) is 0 Å². The van der Waals surface area contributed by atoms with Gasteiger partial charge in [-0.2, -0.15) is 0 Å². The Morgan fingerprint density at radius 3 is 1.81 bits per heavy atom. The molecule has 27 heavy (non-hydrogen) atoms. The molecular weight excluding hydrogens is 387 g/mol. The number of aliphatic carboxylic acids is 2. The highest BCUT2D eigenvalue weighted by atomic mass is 35.5. The van der Waals surface area contributed by atoms with Crippen LogP contribution in [0.3, 0.4) is 0 Å². The van der Waals surface area contributed by atoms with Crippen molar-refractivity contribution in [1.82, 2.24) is 0 Å². The van der Waals surface area contributed by atoms with E-state index < -0.39 is 11.9 Å². The summed E-state index contributed by atoms with van der Waals surface area (Å²) in [5.41, 5.74) is 1.64. The van der Waals surface area contributed by atoms with Crippen molar-refractivity contribution >= 4 is 35.1 Å². The van der Waals surface area contributed by atoms with Gasteiger partial charge in [0.05, 0.1) is 12.3 Å². The lowest BCUT2D eigenvalue weighted by Crippen LogP contribution is -2.19. The van der Waals surface area contributed by atoms with Gasteiger partial charge in [0.25, 0.3) is 0 Å². The first kappa shape index (κ1) is 21.3. The Hall–Kier alpha value is -2.04. The first-order valence-electron chi connectivity index (χ1n) is 8.81. The Bertz CT molecular complexity index is 751. The number of hydrogen-bond donors (Lipinski definition) is 2. The third-order valence-corrected chi connectivity index (χ3v) is 5.14. The van der Waals surface area contributed by atoms with E-state index in [1.807, 2.05) is 12.1 Å². The largest absolute Gasteiger partial charge is 0.481 e. The van der Waals surface area contributed by atoms with E-state index >= 15 is 0 Å². The molecule has 144 valence electrons. The van der Waals surface area contributed by atoms with Gasteiger partial charge in [-0.3, -0.25) is 9.59 Å². The average molecular weight is 409 g/mol. The maximum atomic E-state index is 11.3. The maximum absolute atomic E-state index is 11.3. The molecule has 1 atom stereocenters. The van der Waals surface area contributed by atoms with Crippen LogP contribution in [0, 0.1) is 5.92 Å². The lowest BCUT2D eigenvalue weighted by atomic mass is 9.85. The van der Waals surface area contributed by atoms with E-state index in [1.54, 1.807) is 36.4 Å². The van der Waals surface area contributed by atoms with Crippen LogP contribution in [-0.4, -0.2) is 22.2 Å². The smallest absolute Gasteiger partial charge is 0.311 e. The number of carboxylic acids is 2. The summed E-state index contributed by atoms with van der Waals surface area (Å²) < 4.78 is 0. The summed E-state index contributed by atoms with van der Waals surface area (Å²) in [5, 5.41) is 19.0. The van der Waals surface area contributed by atoms with Crippen molar-refractivity contribution in [3.8, 4) is 0 Å². The van der Waals surface area contributed by atoms with Crippen molar-refractivity contribution in [2.75, 3.05) is 0 Å². The highest BCUT2D eigenvalue weighted by molar-refractivity contribution is 6.30. The minimum absolute atomic E-state index is 0.0527. The molecule has 2 aromatic carbocycles. The fourth-order valence-electron chi connectivity index (χ4n) is 3.35. The van der Waals surface area contributed by atoms with Gasteiger partial charge >= 0.3 is 11.9 Å². The molecule has 3 rings (SSSR count). The van der Waals surface area contributed by atoms with Gasteiger partial charge in [0.15, 0.2) is 0 Å². The van der Waals surface area contributed by atoms with E-state index in [0.717, 1.165) is 36.8 Å². The molecule has 2 N–H and O–H groups in total. The molecule has 0 saturated heterocycles. The van der Waals surface area contributed by atoms with Crippen LogP contribution in [-0.2, 0) is 16.0 Å². The van der Waals surface area contributed by atoms with Crippen LogP contribution in [0.1, 0.15) is 42.7 Å². The highest BCUT2D eigenvalue weighted by Gasteiger charge is 2.31. The average Bonchev–Trinajstić information content (AvgIpc) is 3.13. The fourth-order valence-corrected chi connectivity index (χ4v) is 3.61. The molecule has 1 fully saturated rings. The number of carboxylic acid groups (broad SMARTS) is 2. The van der Waals surface area contributed by atoms with Crippen molar-refractivity contribution in [2.24, 2.45) is 5.92 Å². The van der Waals surface area contributed by atoms with E-state index in [2.05, 4.69) is 0 Å². The molecule has 1 unspecified atom stereocenters. The summed E-state index contributed by atoms with van der Waals surface area (Å²) in [6, 6.07) is 14.0. The molecule has 0 aromatic heterocycles. The van der Waals surface area contributed by atoms with E-state index in [0.29, 0.717) is 16.0 Å². The lowest BCUT2D eigenvalue weighted by Gasteiger charge is -2.19. The second-order valence-corrected chi connectivity index (χ2v) is 7.48. The molecule has 0 bridgehead atoms. The fraction of sp³-hybridized carbons (Fsp3) is 0.333. The molecule has 6 heteroatoms. The quantitative estimate of drug-likeness (QED) is 0.668. The van der Waals surface area contributed by atoms with Crippen molar-refractivity contribution in [3.63, 3.8) is 0 Å². The van der Waals surface area contributed by atoms with E-state index in [-0.39, 0.29) is 12.3 Å². The Morgan fingerprint density at radius 2 is 1.37 bits per heavy atom. The third-order valence-electron chi connectivity index (χ3n) is 4.64. The van der Waals surface area contributed by atoms with Crippen LogP contribution >= 0.6 is 23.2 Å².